The van der Waals surface area contributed by atoms with Gasteiger partial charge in [-0.2, -0.15) is 0 Å². The Bertz CT molecular complexity index is 379. The van der Waals surface area contributed by atoms with E-state index in [0.29, 0.717) is 19.0 Å². The molecular formula is C13H22N4O2. The molecule has 0 aromatic carbocycles. The van der Waals surface area contributed by atoms with Crippen molar-refractivity contribution in [2.75, 3.05) is 51.3 Å². The summed E-state index contributed by atoms with van der Waals surface area (Å²) >= 11 is 0. The van der Waals surface area contributed by atoms with Gasteiger partial charge in [-0.15, -0.1) is 0 Å². The second kappa shape index (κ2) is 6.79. The molecule has 2 heterocycles. The number of aliphatic hydroxyl groups excluding tert-OH is 1. The third kappa shape index (κ3) is 4.41. The molecule has 0 amide bonds. The van der Waals surface area contributed by atoms with Crippen LogP contribution in [-0.2, 0) is 4.74 Å². The number of nitrogens with zero attached hydrogens (tertiary/aromatic N) is 4. The zero-order chi connectivity index (χ0) is 13.7. The molecule has 1 unspecified atom stereocenters. The number of aromatic nitrogens is 2. The second-order valence-electron chi connectivity index (χ2n) is 5.01. The van der Waals surface area contributed by atoms with Crippen LogP contribution in [0.25, 0.3) is 0 Å². The van der Waals surface area contributed by atoms with E-state index in [1.165, 1.54) is 0 Å². The molecule has 1 aliphatic heterocycles. The molecule has 6 nitrogen and oxygen atoms in total. The third-order valence-corrected chi connectivity index (χ3v) is 3.17. The third-order valence-electron chi connectivity index (χ3n) is 3.17. The fourth-order valence-electron chi connectivity index (χ4n) is 2.12. The standard InChI is InChI=1S/C13H22N4O2/c1-11-7-14-13(15-8-11)16(2)9-12(18)10-17-3-5-19-6-4-17/h7-8,12,18H,3-6,9-10H2,1-2H3. The first kappa shape index (κ1) is 14.2. The van der Waals surface area contributed by atoms with Crippen molar-refractivity contribution in [1.82, 2.24) is 14.9 Å². The van der Waals surface area contributed by atoms with Crippen molar-refractivity contribution >= 4 is 5.95 Å². The van der Waals surface area contributed by atoms with E-state index in [-0.39, 0.29) is 0 Å². The Kier molecular flexibility index (Phi) is 5.07. The van der Waals surface area contributed by atoms with Gasteiger partial charge < -0.3 is 14.7 Å². The summed E-state index contributed by atoms with van der Waals surface area (Å²) in [4.78, 5) is 12.6. The van der Waals surface area contributed by atoms with Crippen molar-refractivity contribution in [2.24, 2.45) is 0 Å². The van der Waals surface area contributed by atoms with Crippen molar-refractivity contribution in [3.63, 3.8) is 0 Å². The zero-order valence-corrected chi connectivity index (χ0v) is 11.6. The van der Waals surface area contributed by atoms with E-state index in [9.17, 15) is 5.11 Å². The van der Waals surface area contributed by atoms with Gasteiger partial charge in [0.2, 0.25) is 5.95 Å². The Morgan fingerprint density at radius 1 is 1.37 bits per heavy atom. The van der Waals surface area contributed by atoms with Gasteiger partial charge in [-0.05, 0) is 12.5 Å². The highest BCUT2D eigenvalue weighted by Gasteiger charge is 2.17. The van der Waals surface area contributed by atoms with Crippen LogP contribution < -0.4 is 4.90 Å². The Morgan fingerprint density at radius 3 is 2.63 bits per heavy atom. The number of hydrogen-bond donors (Lipinski definition) is 1. The molecule has 0 bridgehead atoms. The molecule has 19 heavy (non-hydrogen) atoms. The summed E-state index contributed by atoms with van der Waals surface area (Å²) in [6, 6.07) is 0. The summed E-state index contributed by atoms with van der Waals surface area (Å²) in [5.74, 6) is 0.645. The van der Waals surface area contributed by atoms with Gasteiger partial charge in [-0.25, -0.2) is 9.97 Å². The molecule has 2 rings (SSSR count). The first-order chi connectivity index (χ1) is 9.15. The maximum Gasteiger partial charge on any atom is 0.225 e. The normalized spacial score (nSPS) is 18.3. The molecule has 1 saturated heterocycles. The number of β-amino-alcohol motifs (C(OH)–C–C–N with tert-alkyl or cyclic N) is 1. The van der Waals surface area contributed by atoms with E-state index in [1.54, 1.807) is 12.4 Å². The van der Waals surface area contributed by atoms with Crippen LogP contribution in [0.2, 0.25) is 0 Å². The first-order valence-electron chi connectivity index (χ1n) is 6.63. The van der Waals surface area contributed by atoms with Crippen molar-refractivity contribution in [3.8, 4) is 0 Å². The van der Waals surface area contributed by atoms with E-state index in [2.05, 4.69) is 14.9 Å². The number of hydrogen-bond acceptors (Lipinski definition) is 6. The lowest BCUT2D eigenvalue weighted by molar-refractivity contribution is 0.0162. The number of ether oxygens (including phenoxy) is 1. The van der Waals surface area contributed by atoms with Gasteiger partial charge in [0.25, 0.3) is 0 Å². The SMILES string of the molecule is Cc1cnc(N(C)CC(O)CN2CCOCC2)nc1. The summed E-state index contributed by atoms with van der Waals surface area (Å²) in [5.41, 5.74) is 1.03. The Morgan fingerprint density at radius 2 is 2.00 bits per heavy atom. The van der Waals surface area contributed by atoms with Crippen molar-refractivity contribution < 1.29 is 9.84 Å². The predicted octanol–water partition coefficient (Wildman–Crippen LogP) is -0.0857. The molecule has 1 aromatic rings. The fourth-order valence-corrected chi connectivity index (χ4v) is 2.12. The smallest absolute Gasteiger partial charge is 0.225 e. The number of morpholine rings is 1. The van der Waals surface area contributed by atoms with Gasteiger partial charge in [0.05, 0.1) is 19.3 Å². The van der Waals surface area contributed by atoms with E-state index in [1.807, 2.05) is 18.9 Å². The van der Waals surface area contributed by atoms with E-state index in [4.69, 9.17) is 4.74 Å². The molecule has 1 fully saturated rings. The van der Waals surface area contributed by atoms with Crippen LogP contribution in [0.5, 0.6) is 0 Å². The Hall–Kier alpha value is -1.24. The van der Waals surface area contributed by atoms with E-state index < -0.39 is 6.10 Å². The first-order valence-corrected chi connectivity index (χ1v) is 6.63. The zero-order valence-electron chi connectivity index (χ0n) is 11.6. The largest absolute Gasteiger partial charge is 0.390 e. The maximum absolute atomic E-state index is 10.1. The van der Waals surface area contributed by atoms with Gasteiger partial charge in [0.15, 0.2) is 0 Å². The predicted molar refractivity (Wildman–Crippen MR) is 73.3 cm³/mol. The monoisotopic (exact) mass is 266 g/mol. The minimum atomic E-state index is -0.409. The summed E-state index contributed by atoms with van der Waals surface area (Å²) in [7, 11) is 1.90. The highest BCUT2D eigenvalue weighted by molar-refractivity contribution is 5.28. The number of likely N-dealkylation sites (N-methyl/N-ethyl adjacent to an activating group) is 1. The van der Waals surface area contributed by atoms with Crippen molar-refractivity contribution in [2.45, 2.75) is 13.0 Å². The lowest BCUT2D eigenvalue weighted by atomic mass is 10.3. The van der Waals surface area contributed by atoms with Gasteiger partial charge >= 0.3 is 0 Å². The molecule has 1 atom stereocenters. The summed E-state index contributed by atoms with van der Waals surface area (Å²) in [6.45, 7) is 6.44. The molecule has 0 saturated carbocycles. The minimum Gasteiger partial charge on any atom is -0.390 e. The number of aliphatic hydroxyl groups is 1. The summed E-state index contributed by atoms with van der Waals surface area (Å²) in [5, 5.41) is 10.1. The molecule has 0 aliphatic carbocycles. The highest BCUT2D eigenvalue weighted by atomic mass is 16.5. The maximum atomic E-state index is 10.1. The van der Waals surface area contributed by atoms with Crippen LogP contribution >= 0.6 is 0 Å². The van der Waals surface area contributed by atoms with Gasteiger partial charge in [0.1, 0.15) is 0 Å². The average Bonchev–Trinajstić information content (AvgIpc) is 2.40. The molecule has 1 aliphatic rings. The Labute approximate surface area is 114 Å². The lowest BCUT2D eigenvalue weighted by Crippen LogP contribution is -2.44. The molecule has 0 radical (unpaired) electrons. The van der Waals surface area contributed by atoms with Gasteiger partial charge in [0, 0.05) is 45.6 Å². The van der Waals surface area contributed by atoms with E-state index in [0.717, 1.165) is 31.9 Å². The second-order valence-corrected chi connectivity index (χ2v) is 5.01. The number of rotatable bonds is 5. The van der Waals surface area contributed by atoms with Crippen LogP contribution in [0.15, 0.2) is 12.4 Å². The topological polar surface area (TPSA) is 61.7 Å². The molecule has 106 valence electrons. The summed E-state index contributed by atoms with van der Waals surface area (Å²) < 4.78 is 5.29. The van der Waals surface area contributed by atoms with Gasteiger partial charge in [-0.3, -0.25) is 4.90 Å². The number of anilines is 1. The molecule has 6 heteroatoms. The quantitative estimate of drug-likeness (QED) is 0.804. The molecular weight excluding hydrogens is 244 g/mol. The lowest BCUT2D eigenvalue weighted by Gasteiger charge is -2.30. The molecule has 0 spiro atoms. The van der Waals surface area contributed by atoms with Crippen molar-refractivity contribution in [3.05, 3.63) is 18.0 Å². The highest BCUT2D eigenvalue weighted by Crippen LogP contribution is 2.06. The van der Waals surface area contributed by atoms with Crippen LogP contribution in [0.3, 0.4) is 0 Å². The van der Waals surface area contributed by atoms with Crippen molar-refractivity contribution in [1.29, 1.82) is 0 Å². The van der Waals surface area contributed by atoms with Crippen LogP contribution in [0, 0.1) is 6.92 Å². The Balaban J connectivity index is 1.80. The van der Waals surface area contributed by atoms with Crippen LogP contribution in [-0.4, -0.2) is 72.5 Å². The van der Waals surface area contributed by atoms with E-state index >= 15 is 0 Å². The van der Waals surface area contributed by atoms with Crippen LogP contribution in [0.1, 0.15) is 5.56 Å². The fraction of sp³-hybridized carbons (Fsp3) is 0.692. The number of aryl methyl sites for hydroxylation is 1. The minimum absolute atomic E-state index is 0.409. The van der Waals surface area contributed by atoms with Gasteiger partial charge in [-0.1, -0.05) is 0 Å². The summed E-state index contributed by atoms with van der Waals surface area (Å²) in [6.07, 6.45) is 3.16. The molecule has 1 aromatic heterocycles. The van der Waals surface area contributed by atoms with Crippen LogP contribution in [0.4, 0.5) is 5.95 Å². The average molecular weight is 266 g/mol. The molecule has 1 N–H and O–H groups in total.